The van der Waals surface area contributed by atoms with E-state index in [1.807, 2.05) is 0 Å². The van der Waals surface area contributed by atoms with E-state index in [-0.39, 0.29) is 12.8 Å². The van der Waals surface area contributed by atoms with Gasteiger partial charge in [-0.05, 0) is 40.5 Å². The van der Waals surface area contributed by atoms with Gasteiger partial charge in [0, 0.05) is 17.0 Å². The Morgan fingerprint density at radius 3 is 1.94 bits per heavy atom. The van der Waals surface area contributed by atoms with Gasteiger partial charge in [-0.1, -0.05) is 0 Å². The zero-order chi connectivity index (χ0) is 14.4. The summed E-state index contributed by atoms with van der Waals surface area (Å²) in [5.41, 5.74) is -1.52. The second-order valence-corrected chi connectivity index (χ2v) is 7.12. The van der Waals surface area contributed by atoms with Crippen molar-refractivity contribution in [1.82, 2.24) is 9.79 Å². The summed E-state index contributed by atoms with van der Waals surface area (Å²) in [5.74, 6) is -1.39. The van der Waals surface area contributed by atoms with Crippen LogP contribution in [0.4, 0.5) is 0 Å². The molecule has 105 valence electrons. The van der Waals surface area contributed by atoms with E-state index >= 15 is 0 Å². The number of rotatable bonds is 2. The first kappa shape index (κ1) is 15.4. The van der Waals surface area contributed by atoms with Gasteiger partial charge in [0.15, 0.2) is 0 Å². The molecule has 18 heavy (non-hydrogen) atoms. The molecule has 0 aromatic heterocycles. The Morgan fingerprint density at radius 2 is 1.61 bits per heavy atom. The molecule has 2 N–H and O–H groups in total. The van der Waals surface area contributed by atoms with Crippen molar-refractivity contribution in [3.63, 3.8) is 0 Å². The first-order valence-corrected chi connectivity index (χ1v) is 7.06. The lowest BCUT2D eigenvalue weighted by atomic mass is 9.75. The average molecular weight is 279 g/mol. The van der Waals surface area contributed by atoms with Crippen LogP contribution in [-0.2, 0) is 20.3 Å². The summed E-state index contributed by atoms with van der Waals surface area (Å²) in [4.78, 5) is 11.7. The fraction of sp³-hybridized carbons (Fsp3) is 0.900. The van der Waals surface area contributed by atoms with Gasteiger partial charge in [0.25, 0.3) is 0 Å². The van der Waals surface area contributed by atoms with Gasteiger partial charge in [-0.2, -0.15) is 8.42 Å². The van der Waals surface area contributed by atoms with Crippen LogP contribution in [0.5, 0.6) is 0 Å². The van der Waals surface area contributed by atoms with Crippen molar-refractivity contribution in [1.29, 1.82) is 0 Å². The molecule has 1 radical (unpaired) electrons. The van der Waals surface area contributed by atoms with Crippen LogP contribution in [0.2, 0.25) is 0 Å². The molecule has 1 saturated heterocycles. The maximum atomic E-state index is 12.0. The Morgan fingerprint density at radius 1 is 1.22 bits per heavy atom. The van der Waals surface area contributed by atoms with Crippen molar-refractivity contribution < 1.29 is 23.0 Å². The van der Waals surface area contributed by atoms with Crippen LogP contribution in [-0.4, -0.2) is 35.0 Å². The molecule has 1 heterocycles. The van der Waals surface area contributed by atoms with Crippen molar-refractivity contribution >= 4 is 16.2 Å². The second kappa shape index (κ2) is 4.44. The minimum Gasteiger partial charge on any atom is -0.274 e. The topological polar surface area (TPSA) is 107 Å². The fourth-order valence-corrected chi connectivity index (χ4v) is 3.08. The highest BCUT2D eigenvalue weighted by Gasteiger charge is 2.48. The predicted octanol–water partition coefficient (Wildman–Crippen LogP) is 0.520. The minimum atomic E-state index is -4.55. The molecule has 0 spiro atoms. The SMILES string of the molecule is CC1(C)CC(C(=O)NS(=O)(=O)O)CC(C)(C)N1[O]. The standard InChI is InChI=1S/C10H19N2O5S/c1-9(2)5-7(6-10(3,4)12(9)14)8(13)11-18(15,16)17/h7H,5-6H2,1-4H3,(H,11,13)(H,15,16,17). The van der Waals surface area contributed by atoms with Crippen molar-refractivity contribution in [3.05, 3.63) is 0 Å². The molecular formula is C10H19N2O5S. The summed E-state index contributed by atoms with van der Waals surface area (Å²) in [5, 5.41) is 13.0. The molecule has 0 bridgehead atoms. The number of nitrogens with zero attached hydrogens (tertiary/aromatic N) is 1. The molecule has 0 atom stereocenters. The molecule has 0 unspecified atom stereocenters. The van der Waals surface area contributed by atoms with Gasteiger partial charge >= 0.3 is 10.3 Å². The summed E-state index contributed by atoms with van der Waals surface area (Å²) in [6, 6.07) is 0. The van der Waals surface area contributed by atoms with Crippen LogP contribution in [0, 0.1) is 5.92 Å². The van der Waals surface area contributed by atoms with E-state index in [9.17, 15) is 18.4 Å². The molecule has 1 aliphatic rings. The third-order valence-corrected chi connectivity index (χ3v) is 3.65. The normalized spacial score (nSPS) is 24.8. The second-order valence-electron chi connectivity index (χ2n) is 5.97. The highest BCUT2D eigenvalue weighted by atomic mass is 32.2. The summed E-state index contributed by atoms with van der Waals surface area (Å²) in [6.45, 7) is 6.81. The largest absolute Gasteiger partial charge is 0.359 e. The minimum absolute atomic E-state index is 0.237. The lowest BCUT2D eigenvalue weighted by molar-refractivity contribution is -0.292. The van der Waals surface area contributed by atoms with E-state index < -0.39 is 33.2 Å². The Hall–Kier alpha value is -0.700. The van der Waals surface area contributed by atoms with Crippen molar-refractivity contribution in [2.24, 2.45) is 5.92 Å². The zero-order valence-electron chi connectivity index (χ0n) is 10.9. The molecule has 1 amide bonds. The van der Waals surface area contributed by atoms with Gasteiger partial charge in [-0.3, -0.25) is 9.35 Å². The van der Waals surface area contributed by atoms with Crippen LogP contribution in [0.1, 0.15) is 40.5 Å². The van der Waals surface area contributed by atoms with Gasteiger partial charge in [0.1, 0.15) is 0 Å². The molecule has 0 aromatic rings. The first-order valence-electron chi connectivity index (χ1n) is 5.62. The Kier molecular flexibility index (Phi) is 3.79. The predicted molar refractivity (Wildman–Crippen MR) is 63.1 cm³/mol. The zero-order valence-corrected chi connectivity index (χ0v) is 11.7. The van der Waals surface area contributed by atoms with E-state index in [1.54, 1.807) is 32.4 Å². The van der Waals surface area contributed by atoms with E-state index in [4.69, 9.17) is 4.55 Å². The van der Waals surface area contributed by atoms with Gasteiger partial charge in [-0.15, -0.1) is 10.3 Å². The Labute approximate surface area is 107 Å². The van der Waals surface area contributed by atoms with Gasteiger partial charge in [-0.25, -0.2) is 4.72 Å². The maximum absolute atomic E-state index is 12.0. The number of amides is 1. The summed E-state index contributed by atoms with van der Waals surface area (Å²) in [6.07, 6.45) is 0.475. The molecule has 1 fully saturated rings. The first-order chi connectivity index (χ1) is 7.85. The van der Waals surface area contributed by atoms with Gasteiger partial charge in [0.2, 0.25) is 5.91 Å². The summed E-state index contributed by atoms with van der Waals surface area (Å²) < 4.78 is 31.4. The van der Waals surface area contributed by atoms with E-state index in [2.05, 4.69) is 0 Å². The van der Waals surface area contributed by atoms with Gasteiger partial charge in [0.05, 0.1) is 0 Å². The molecule has 1 rings (SSSR count). The smallest absolute Gasteiger partial charge is 0.274 e. The number of nitrogens with one attached hydrogen (secondary N) is 1. The molecule has 8 heteroatoms. The quantitative estimate of drug-likeness (QED) is 0.717. The van der Waals surface area contributed by atoms with E-state index in [0.717, 1.165) is 5.06 Å². The fourth-order valence-electron chi connectivity index (χ4n) is 2.66. The van der Waals surface area contributed by atoms with Crippen LogP contribution in [0.15, 0.2) is 0 Å². The van der Waals surface area contributed by atoms with Crippen molar-refractivity contribution in [2.45, 2.75) is 51.6 Å². The highest BCUT2D eigenvalue weighted by Crippen LogP contribution is 2.40. The third kappa shape index (κ3) is 3.41. The van der Waals surface area contributed by atoms with E-state index in [0.29, 0.717) is 0 Å². The van der Waals surface area contributed by atoms with Crippen molar-refractivity contribution in [3.8, 4) is 0 Å². The van der Waals surface area contributed by atoms with E-state index in [1.165, 1.54) is 0 Å². The summed E-state index contributed by atoms with van der Waals surface area (Å²) in [7, 11) is -4.55. The van der Waals surface area contributed by atoms with Gasteiger partial charge < -0.3 is 0 Å². The third-order valence-electron chi connectivity index (χ3n) is 3.19. The number of carbonyl (C=O) groups excluding carboxylic acids is 1. The highest BCUT2D eigenvalue weighted by molar-refractivity contribution is 7.84. The molecule has 1 aliphatic heterocycles. The molecule has 0 aliphatic carbocycles. The number of hydrogen-bond donors (Lipinski definition) is 2. The molecule has 0 aromatic carbocycles. The number of hydrogen-bond acceptors (Lipinski definition) is 4. The van der Waals surface area contributed by atoms with Crippen LogP contribution < -0.4 is 4.72 Å². The maximum Gasteiger partial charge on any atom is 0.359 e. The number of piperidine rings is 1. The van der Waals surface area contributed by atoms with Crippen molar-refractivity contribution in [2.75, 3.05) is 0 Å². The molecule has 0 saturated carbocycles. The lowest BCUT2D eigenvalue weighted by Crippen LogP contribution is -2.60. The Bertz CT molecular complexity index is 425. The molecule has 7 nitrogen and oxygen atoms in total. The number of carbonyl (C=O) groups is 1. The van der Waals surface area contributed by atoms with Crippen LogP contribution in [0.25, 0.3) is 0 Å². The van der Waals surface area contributed by atoms with Crippen LogP contribution >= 0.6 is 0 Å². The average Bonchev–Trinajstić information content (AvgIpc) is 2.10. The monoisotopic (exact) mass is 279 g/mol. The lowest BCUT2D eigenvalue weighted by Gasteiger charge is -2.49. The molecular weight excluding hydrogens is 260 g/mol. The van der Waals surface area contributed by atoms with Crippen LogP contribution in [0.3, 0.4) is 0 Å². The summed E-state index contributed by atoms with van der Waals surface area (Å²) >= 11 is 0. The number of hydroxylamine groups is 2. The Balaban J connectivity index is 2.90.